The second-order valence-corrected chi connectivity index (χ2v) is 3.71. The Morgan fingerprint density at radius 3 is 1.93 bits per heavy atom. The van der Waals surface area contributed by atoms with E-state index in [2.05, 4.69) is 0 Å². The Hall–Kier alpha value is -0.0300. The summed E-state index contributed by atoms with van der Waals surface area (Å²) in [6.45, 7) is 1.84. The first-order chi connectivity index (χ1) is 6.63. The van der Waals surface area contributed by atoms with E-state index in [1.165, 1.54) is 4.90 Å². The van der Waals surface area contributed by atoms with Crippen LogP contribution in [0.4, 0.5) is 0 Å². The Balaban J connectivity index is 4.01. The molecular weight excluding hydrogens is 229 g/mol. The van der Waals surface area contributed by atoms with Gasteiger partial charge < -0.3 is 14.4 Å². The Morgan fingerprint density at radius 1 is 1.21 bits per heavy atom. The molecule has 84 valence electrons. The Bertz CT molecular complexity index is 159. The van der Waals surface area contributed by atoms with Crippen LogP contribution in [0.5, 0.6) is 0 Å². The first-order valence-electron chi connectivity index (χ1n) is 4.18. The topological polar surface area (TPSA) is 38.8 Å². The maximum Gasteiger partial charge on any atom is 0.256 e. The van der Waals surface area contributed by atoms with Gasteiger partial charge in [0, 0.05) is 27.3 Å². The van der Waals surface area contributed by atoms with Crippen molar-refractivity contribution in [1.82, 2.24) is 4.90 Å². The van der Waals surface area contributed by atoms with Crippen molar-refractivity contribution < 1.29 is 14.3 Å². The standard InChI is InChI=1S/C8H15Cl2NO3/c1-13-5-3-11(4-6-14-2)8(12)7(9)10/h7H,3-6H2,1-2H3. The highest BCUT2D eigenvalue weighted by atomic mass is 35.5. The third-order valence-electron chi connectivity index (χ3n) is 1.63. The van der Waals surface area contributed by atoms with E-state index in [-0.39, 0.29) is 5.91 Å². The van der Waals surface area contributed by atoms with Crippen LogP contribution in [0, 0.1) is 0 Å². The molecular formula is C8H15Cl2NO3. The summed E-state index contributed by atoms with van der Waals surface area (Å²) >= 11 is 10.9. The number of ether oxygens (including phenoxy) is 2. The summed E-state index contributed by atoms with van der Waals surface area (Å²) in [5, 5.41) is 0. The normalized spacial score (nSPS) is 10.6. The molecule has 6 heteroatoms. The van der Waals surface area contributed by atoms with Gasteiger partial charge >= 0.3 is 0 Å². The molecule has 0 spiro atoms. The third-order valence-corrected chi connectivity index (χ3v) is 2.00. The van der Waals surface area contributed by atoms with Crippen LogP contribution in [-0.2, 0) is 14.3 Å². The van der Waals surface area contributed by atoms with Crippen molar-refractivity contribution in [3.63, 3.8) is 0 Å². The molecule has 4 nitrogen and oxygen atoms in total. The Morgan fingerprint density at radius 2 is 1.64 bits per heavy atom. The summed E-state index contributed by atoms with van der Waals surface area (Å²) in [6, 6.07) is 0. The number of rotatable bonds is 7. The first kappa shape index (κ1) is 14.0. The number of nitrogens with zero attached hydrogens (tertiary/aromatic N) is 1. The number of carbonyl (C=O) groups excluding carboxylic acids is 1. The number of carbonyl (C=O) groups is 1. The molecule has 0 aromatic carbocycles. The molecule has 0 atom stereocenters. The van der Waals surface area contributed by atoms with Gasteiger partial charge in [-0.05, 0) is 0 Å². The minimum absolute atomic E-state index is 0.317. The van der Waals surface area contributed by atoms with Crippen molar-refractivity contribution in [2.24, 2.45) is 0 Å². The highest BCUT2D eigenvalue weighted by Crippen LogP contribution is 2.06. The number of hydrogen-bond acceptors (Lipinski definition) is 3. The van der Waals surface area contributed by atoms with E-state index >= 15 is 0 Å². The predicted octanol–water partition coefficient (Wildman–Crippen LogP) is 0.912. The van der Waals surface area contributed by atoms with Crippen molar-refractivity contribution in [1.29, 1.82) is 0 Å². The molecule has 0 unspecified atom stereocenters. The maximum absolute atomic E-state index is 11.4. The Labute approximate surface area is 94.0 Å². The van der Waals surface area contributed by atoms with Crippen molar-refractivity contribution in [3.8, 4) is 0 Å². The molecule has 0 saturated heterocycles. The van der Waals surface area contributed by atoms with E-state index in [1.54, 1.807) is 14.2 Å². The lowest BCUT2D eigenvalue weighted by molar-refractivity contribution is -0.130. The maximum atomic E-state index is 11.4. The molecule has 0 aliphatic heterocycles. The highest BCUT2D eigenvalue weighted by Gasteiger charge is 2.19. The van der Waals surface area contributed by atoms with Crippen LogP contribution in [0.1, 0.15) is 0 Å². The molecule has 0 fully saturated rings. The molecule has 0 heterocycles. The molecule has 0 rings (SSSR count). The zero-order valence-electron chi connectivity index (χ0n) is 8.33. The lowest BCUT2D eigenvalue weighted by Gasteiger charge is -2.22. The number of halogens is 2. The quantitative estimate of drug-likeness (QED) is 0.625. The molecule has 0 N–H and O–H groups in total. The van der Waals surface area contributed by atoms with Crippen LogP contribution in [0.25, 0.3) is 0 Å². The fourth-order valence-electron chi connectivity index (χ4n) is 0.873. The molecule has 1 amide bonds. The second kappa shape index (κ2) is 8.29. The van der Waals surface area contributed by atoms with Gasteiger partial charge in [0.25, 0.3) is 5.91 Å². The van der Waals surface area contributed by atoms with Gasteiger partial charge in [-0.2, -0.15) is 0 Å². The third kappa shape index (κ3) is 5.65. The molecule has 0 saturated carbocycles. The largest absolute Gasteiger partial charge is 0.383 e. The predicted molar refractivity (Wildman–Crippen MR) is 55.8 cm³/mol. The highest BCUT2D eigenvalue weighted by molar-refractivity contribution is 6.53. The van der Waals surface area contributed by atoms with Crippen LogP contribution in [0.2, 0.25) is 0 Å². The average molecular weight is 244 g/mol. The first-order valence-corrected chi connectivity index (χ1v) is 5.05. The molecule has 0 aliphatic rings. The average Bonchev–Trinajstić information content (AvgIpc) is 2.17. The van der Waals surface area contributed by atoms with Crippen molar-refractivity contribution in [3.05, 3.63) is 0 Å². The van der Waals surface area contributed by atoms with Crippen LogP contribution in [0.15, 0.2) is 0 Å². The van der Waals surface area contributed by atoms with Gasteiger partial charge in [-0.25, -0.2) is 0 Å². The minimum Gasteiger partial charge on any atom is -0.383 e. The molecule has 0 aromatic rings. The summed E-state index contributed by atoms with van der Waals surface area (Å²) in [5.41, 5.74) is 0. The fraction of sp³-hybridized carbons (Fsp3) is 0.875. The van der Waals surface area contributed by atoms with Crippen LogP contribution in [-0.4, -0.2) is 56.2 Å². The summed E-state index contributed by atoms with van der Waals surface area (Å²) in [5.74, 6) is -0.317. The van der Waals surface area contributed by atoms with Crippen molar-refractivity contribution >= 4 is 29.1 Å². The number of hydrogen-bond donors (Lipinski definition) is 0. The molecule has 0 radical (unpaired) electrons. The van der Waals surface area contributed by atoms with Gasteiger partial charge in [-0.1, -0.05) is 23.2 Å². The zero-order chi connectivity index (χ0) is 11.0. The van der Waals surface area contributed by atoms with E-state index in [0.29, 0.717) is 26.3 Å². The summed E-state index contributed by atoms with van der Waals surface area (Å²) in [4.78, 5) is 11.9. The van der Waals surface area contributed by atoms with Crippen LogP contribution < -0.4 is 0 Å². The van der Waals surface area contributed by atoms with E-state index < -0.39 is 4.84 Å². The SMILES string of the molecule is COCCN(CCOC)C(=O)C(Cl)Cl. The summed E-state index contributed by atoms with van der Waals surface area (Å²) < 4.78 is 9.72. The molecule has 14 heavy (non-hydrogen) atoms. The van der Waals surface area contributed by atoms with E-state index in [1.807, 2.05) is 0 Å². The van der Waals surface area contributed by atoms with Crippen LogP contribution in [0.3, 0.4) is 0 Å². The zero-order valence-corrected chi connectivity index (χ0v) is 9.85. The smallest absolute Gasteiger partial charge is 0.256 e. The van der Waals surface area contributed by atoms with Gasteiger partial charge in [-0.3, -0.25) is 4.79 Å². The van der Waals surface area contributed by atoms with Crippen LogP contribution >= 0.6 is 23.2 Å². The molecule has 0 bridgehead atoms. The van der Waals surface area contributed by atoms with Gasteiger partial charge in [0.2, 0.25) is 0 Å². The lowest BCUT2D eigenvalue weighted by atomic mass is 10.4. The Kier molecular flexibility index (Phi) is 8.27. The number of methoxy groups -OCH3 is 2. The fourth-order valence-corrected chi connectivity index (χ4v) is 1.15. The van der Waals surface area contributed by atoms with Crippen molar-refractivity contribution in [2.45, 2.75) is 4.84 Å². The van der Waals surface area contributed by atoms with Crippen molar-refractivity contribution in [2.75, 3.05) is 40.5 Å². The van der Waals surface area contributed by atoms with Gasteiger partial charge in [0.1, 0.15) is 0 Å². The van der Waals surface area contributed by atoms with Gasteiger partial charge in [-0.15, -0.1) is 0 Å². The number of amides is 1. The monoisotopic (exact) mass is 243 g/mol. The lowest BCUT2D eigenvalue weighted by Crippen LogP contribution is -2.39. The van der Waals surface area contributed by atoms with E-state index in [4.69, 9.17) is 32.7 Å². The minimum atomic E-state index is -1.02. The molecule has 0 aliphatic carbocycles. The number of alkyl halides is 2. The van der Waals surface area contributed by atoms with Gasteiger partial charge in [0.15, 0.2) is 4.84 Å². The molecule has 0 aromatic heterocycles. The van der Waals surface area contributed by atoms with Gasteiger partial charge in [0.05, 0.1) is 13.2 Å². The van der Waals surface area contributed by atoms with E-state index in [0.717, 1.165) is 0 Å². The second-order valence-electron chi connectivity index (χ2n) is 2.61. The summed E-state index contributed by atoms with van der Waals surface area (Å²) in [7, 11) is 3.13. The van der Waals surface area contributed by atoms with E-state index in [9.17, 15) is 4.79 Å². The summed E-state index contributed by atoms with van der Waals surface area (Å²) in [6.07, 6.45) is 0.